The van der Waals surface area contributed by atoms with E-state index >= 15 is 0 Å². The maximum Gasteiger partial charge on any atom is 0.00955 e. The van der Waals surface area contributed by atoms with Gasteiger partial charge in [-0.3, -0.25) is 4.90 Å². The zero-order chi connectivity index (χ0) is 15.3. The molecule has 2 heteroatoms. The molecule has 0 heterocycles. The van der Waals surface area contributed by atoms with Gasteiger partial charge in [0.2, 0.25) is 0 Å². The summed E-state index contributed by atoms with van der Waals surface area (Å²) in [5, 5.41) is 0. The fraction of sp³-hybridized carbons (Fsp3) is 1.00. The first-order chi connectivity index (χ1) is 10.0. The summed E-state index contributed by atoms with van der Waals surface area (Å²) >= 11 is 0. The molecule has 0 aromatic rings. The summed E-state index contributed by atoms with van der Waals surface area (Å²) in [5.41, 5.74) is 6.68. The first kappa shape index (κ1) is 17.3. The van der Waals surface area contributed by atoms with Crippen LogP contribution in [0.4, 0.5) is 0 Å². The Morgan fingerprint density at radius 2 is 1.71 bits per heavy atom. The lowest BCUT2D eigenvalue weighted by atomic mass is 9.70. The van der Waals surface area contributed by atoms with Gasteiger partial charge >= 0.3 is 0 Å². The second-order valence-electron chi connectivity index (χ2n) is 8.48. The van der Waals surface area contributed by atoms with Crippen molar-refractivity contribution < 1.29 is 0 Å². The van der Waals surface area contributed by atoms with E-state index < -0.39 is 0 Å². The molecule has 124 valence electrons. The standard InChI is InChI=1S/C19H38N2/c1-16(2)10-13-21(18-6-4-5-7-18)15-19(14-20)11-8-17(3)9-12-19/h16-18H,4-15,20H2,1-3H3. The summed E-state index contributed by atoms with van der Waals surface area (Å²) in [5.74, 6) is 1.73. The van der Waals surface area contributed by atoms with Gasteiger partial charge < -0.3 is 5.73 Å². The summed E-state index contributed by atoms with van der Waals surface area (Å²) in [6, 6.07) is 0.853. The summed E-state index contributed by atoms with van der Waals surface area (Å²) in [6.45, 7) is 10.6. The van der Waals surface area contributed by atoms with E-state index in [-0.39, 0.29) is 0 Å². The quantitative estimate of drug-likeness (QED) is 0.752. The van der Waals surface area contributed by atoms with Crippen molar-refractivity contribution in [2.45, 2.75) is 84.6 Å². The molecule has 0 radical (unpaired) electrons. The van der Waals surface area contributed by atoms with Crippen LogP contribution in [0.2, 0.25) is 0 Å². The van der Waals surface area contributed by atoms with Crippen molar-refractivity contribution in [2.24, 2.45) is 23.0 Å². The molecule has 0 unspecified atom stereocenters. The molecule has 0 saturated heterocycles. The Balaban J connectivity index is 1.97. The molecule has 0 aromatic carbocycles. The smallest absolute Gasteiger partial charge is 0.00955 e. The Morgan fingerprint density at radius 1 is 1.10 bits per heavy atom. The van der Waals surface area contributed by atoms with Gasteiger partial charge in [0.1, 0.15) is 0 Å². The van der Waals surface area contributed by atoms with E-state index in [1.807, 2.05) is 0 Å². The molecule has 2 aliphatic rings. The van der Waals surface area contributed by atoms with Gasteiger partial charge in [0, 0.05) is 12.6 Å². The van der Waals surface area contributed by atoms with Crippen molar-refractivity contribution >= 4 is 0 Å². The molecule has 0 spiro atoms. The molecular formula is C19H38N2. The molecule has 2 saturated carbocycles. The Labute approximate surface area is 132 Å². The highest BCUT2D eigenvalue weighted by Gasteiger charge is 2.36. The maximum absolute atomic E-state index is 6.26. The lowest BCUT2D eigenvalue weighted by Crippen LogP contribution is -2.48. The monoisotopic (exact) mass is 294 g/mol. The number of nitrogens with zero attached hydrogens (tertiary/aromatic N) is 1. The van der Waals surface area contributed by atoms with Gasteiger partial charge in [0.05, 0.1) is 0 Å². The molecule has 0 aliphatic heterocycles. The van der Waals surface area contributed by atoms with Gasteiger partial charge in [-0.15, -0.1) is 0 Å². The van der Waals surface area contributed by atoms with Gasteiger partial charge in [0.15, 0.2) is 0 Å². The van der Waals surface area contributed by atoms with Crippen LogP contribution in [0.1, 0.15) is 78.6 Å². The van der Waals surface area contributed by atoms with Crippen molar-refractivity contribution in [1.82, 2.24) is 4.90 Å². The minimum Gasteiger partial charge on any atom is -0.330 e. The SMILES string of the molecule is CC(C)CCN(CC1(CN)CCC(C)CC1)C1CCCC1. The van der Waals surface area contributed by atoms with Crippen LogP contribution < -0.4 is 5.73 Å². The third-order valence-electron chi connectivity index (χ3n) is 6.14. The average Bonchev–Trinajstić information content (AvgIpc) is 3.00. The lowest BCUT2D eigenvalue weighted by Gasteiger charge is -2.44. The molecule has 0 atom stereocenters. The number of rotatable bonds is 7. The van der Waals surface area contributed by atoms with Gasteiger partial charge in [-0.05, 0) is 62.4 Å². The van der Waals surface area contributed by atoms with Crippen LogP contribution in [0.25, 0.3) is 0 Å². The van der Waals surface area contributed by atoms with Crippen molar-refractivity contribution in [3.05, 3.63) is 0 Å². The van der Waals surface area contributed by atoms with Crippen LogP contribution in [-0.2, 0) is 0 Å². The predicted octanol–water partition coefficient (Wildman–Crippen LogP) is 4.43. The highest BCUT2D eigenvalue weighted by atomic mass is 15.2. The summed E-state index contributed by atoms with van der Waals surface area (Å²) < 4.78 is 0. The van der Waals surface area contributed by atoms with E-state index in [4.69, 9.17) is 5.73 Å². The zero-order valence-electron chi connectivity index (χ0n) is 14.7. The van der Waals surface area contributed by atoms with Crippen molar-refractivity contribution in [3.63, 3.8) is 0 Å². The van der Waals surface area contributed by atoms with E-state index in [1.165, 1.54) is 70.9 Å². The van der Waals surface area contributed by atoms with Gasteiger partial charge in [-0.2, -0.15) is 0 Å². The number of hydrogen-bond acceptors (Lipinski definition) is 2. The number of nitrogens with two attached hydrogens (primary N) is 1. The Hall–Kier alpha value is -0.0800. The molecule has 2 nitrogen and oxygen atoms in total. The van der Waals surface area contributed by atoms with Crippen LogP contribution in [0.5, 0.6) is 0 Å². The molecule has 0 bridgehead atoms. The van der Waals surface area contributed by atoms with E-state index in [9.17, 15) is 0 Å². The Morgan fingerprint density at radius 3 is 2.24 bits per heavy atom. The third kappa shape index (κ3) is 4.96. The number of hydrogen-bond donors (Lipinski definition) is 1. The normalized spacial score (nSPS) is 31.4. The van der Waals surface area contributed by atoms with Crippen molar-refractivity contribution in [2.75, 3.05) is 19.6 Å². The van der Waals surface area contributed by atoms with Crippen LogP contribution in [0.15, 0.2) is 0 Å². The Kier molecular flexibility index (Phi) is 6.55. The largest absolute Gasteiger partial charge is 0.330 e. The highest BCUT2D eigenvalue weighted by molar-refractivity contribution is 4.91. The van der Waals surface area contributed by atoms with Crippen molar-refractivity contribution in [1.29, 1.82) is 0 Å². The average molecular weight is 295 g/mol. The third-order valence-corrected chi connectivity index (χ3v) is 6.14. The fourth-order valence-electron chi connectivity index (χ4n) is 4.32. The topological polar surface area (TPSA) is 29.3 Å². The summed E-state index contributed by atoms with van der Waals surface area (Å²) in [7, 11) is 0. The summed E-state index contributed by atoms with van der Waals surface area (Å²) in [6.07, 6.45) is 12.6. The van der Waals surface area contributed by atoms with E-state index in [1.54, 1.807) is 0 Å². The Bertz CT molecular complexity index is 286. The fourth-order valence-corrected chi connectivity index (χ4v) is 4.32. The predicted molar refractivity (Wildman–Crippen MR) is 92.4 cm³/mol. The molecule has 2 N–H and O–H groups in total. The summed E-state index contributed by atoms with van der Waals surface area (Å²) in [4.78, 5) is 2.84. The van der Waals surface area contributed by atoms with Crippen LogP contribution >= 0.6 is 0 Å². The first-order valence-corrected chi connectivity index (χ1v) is 9.49. The lowest BCUT2D eigenvalue weighted by molar-refractivity contribution is 0.0672. The molecule has 0 amide bonds. The van der Waals surface area contributed by atoms with Gasteiger partial charge in [-0.25, -0.2) is 0 Å². The molecule has 2 fully saturated rings. The molecular weight excluding hydrogens is 256 g/mol. The molecule has 21 heavy (non-hydrogen) atoms. The van der Waals surface area contributed by atoms with Crippen LogP contribution in [-0.4, -0.2) is 30.6 Å². The maximum atomic E-state index is 6.26. The second kappa shape index (κ2) is 7.97. The van der Waals surface area contributed by atoms with E-state index in [2.05, 4.69) is 25.7 Å². The molecule has 2 rings (SSSR count). The van der Waals surface area contributed by atoms with Gasteiger partial charge in [-0.1, -0.05) is 46.5 Å². The van der Waals surface area contributed by atoms with Crippen molar-refractivity contribution in [3.8, 4) is 0 Å². The van der Waals surface area contributed by atoms with E-state index in [0.29, 0.717) is 5.41 Å². The zero-order valence-corrected chi connectivity index (χ0v) is 14.7. The first-order valence-electron chi connectivity index (χ1n) is 9.49. The van der Waals surface area contributed by atoms with E-state index in [0.717, 1.165) is 24.4 Å². The molecule has 0 aromatic heterocycles. The highest BCUT2D eigenvalue weighted by Crippen LogP contribution is 2.40. The van der Waals surface area contributed by atoms with Crippen LogP contribution in [0, 0.1) is 17.3 Å². The van der Waals surface area contributed by atoms with Gasteiger partial charge in [0.25, 0.3) is 0 Å². The minimum atomic E-state index is 0.423. The molecule has 2 aliphatic carbocycles. The minimum absolute atomic E-state index is 0.423. The second-order valence-corrected chi connectivity index (χ2v) is 8.48. The van der Waals surface area contributed by atoms with Crippen LogP contribution in [0.3, 0.4) is 0 Å².